The SMILES string of the molecule is Cc1cc2c(c(=O)o1)[C@@H](c1cccc(OCc3c(F)cccc3Cl)c1)C(C#N)=C(N)O2. The van der Waals surface area contributed by atoms with Gasteiger partial charge in [-0.1, -0.05) is 29.8 Å². The van der Waals surface area contributed by atoms with Gasteiger partial charge in [-0.25, -0.2) is 9.18 Å². The predicted molar refractivity (Wildman–Crippen MR) is 111 cm³/mol. The number of nitrogens with two attached hydrogens (primary N) is 1. The number of fused-ring (bicyclic) bond motifs is 1. The third-order valence-electron chi connectivity index (χ3n) is 4.89. The van der Waals surface area contributed by atoms with Gasteiger partial charge in [0.1, 0.15) is 41.3 Å². The molecule has 2 N–H and O–H groups in total. The highest BCUT2D eigenvalue weighted by Crippen LogP contribution is 2.41. The van der Waals surface area contributed by atoms with Crippen molar-refractivity contribution in [1.82, 2.24) is 0 Å². The monoisotopic (exact) mass is 438 g/mol. The molecule has 0 amide bonds. The fourth-order valence-electron chi connectivity index (χ4n) is 3.46. The van der Waals surface area contributed by atoms with Gasteiger partial charge in [-0.2, -0.15) is 5.26 Å². The van der Waals surface area contributed by atoms with Gasteiger partial charge in [-0.05, 0) is 36.8 Å². The van der Waals surface area contributed by atoms with E-state index in [9.17, 15) is 14.4 Å². The van der Waals surface area contributed by atoms with Crippen molar-refractivity contribution in [3.05, 3.63) is 104 Å². The van der Waals surface area contributed by atoms with Crippen LogP contribution in [0.5, 0.6) is 11.5 Å². The molecule has 1 atom stereocenters. The largest absolute Gasteiger partial charge is 0.489 e. The maximum absolute atomic E-state index is 14.0. The summed E-state index contributed by atoms with van der Waals surface area (Å²) in [5, 5.41) is 9.91. The first kappa shape index (κ1) is 20.5. The molecule has 8 heteroatoms. The van der Waals surface area contributed by atoms with Crippen LogP contribution in [0.4, 0.5) is 4.39 Å². The van der Waals surface area contributed by atoms with Gasteiger partial charge in [0.25, 0.3) is 0 Å². The van der Waals surface area contributed by atoms with Gasteiger partial charge in [-0.3, -0.25) is 0 Å². The molecule has 0 fully saturated rings. The summed E-state index contributed by atoms with van der Waals surface area (Å²) in [6.07, 6.45) is 0. The molecule has 0 bridgehead atoms. The zero-order chi connectivity index (χ0) is 22.1. The normalized spacial score (nSPS) is 15.1. The molecule has 156 valence electrons. The number of hydrogen-bond donors (Lipinski definition) is 1. The van der Waals surface area contributed by atoms with E-state index < -0.39 is 17.4 Å². The number of hydrogen-bond acceptors (Lipinski definition) is 6. The van der Waals surface area contributed by atoms with E-state index in [1.54, 1.807) is 43.3 Å². The molecule has 2 aromatic carbocycles. The van der Waals surface area contributed by atoms with Crippen molar-refractivity contribution in [2.24, 2.45) is 5.73 Å². The van der Waals surface area contributed by atoms with Gasteiger partial charge in [0.05, 0.1) is 16.5 Å². The molecule has 0 radical (unpaired) electrons. The van der Waals surface area contributed by atoms with E-state index in [4.69, 9.17) is 31.2 Å². The van der Waals surface area contributed by atoms with Crippen molar-refractivity contribution < 1.29 is 18.3 Å². The Labute approximate surface area is 181 Å². The third kappa shape index (κ3) is 3.86. The topological polar surface area (TPSA) is 98.5 Å². The molecular weight excluding hydrogens is 423 g/mol. The van der Waals surface area contributed by atoms with Gasteiger partial charge >= 0.3 is 5.63 Å². The summed E-state index contributed by atoms with van der Waals surface area (Å²) in [6.45, 7) is 1.52. The maximum atomic E-state index is 14.0. The summed E-state index contributed by atoms with van der Waals surface area (Å²) in [6, 6.07) is 14.7. The first-order chi connectivity index (χ1) is 14.9. The van der Waals surface area contributed by atoms with Crippen molar-refractivity contribution >= 4 is 11.6 Å². The third-order valence-corrected chi connectivity index (χ3v) is 5.25. The molecule has 0 saturated carbocycles. The molecule has 0 aliphatic carbocycles. The lowest BCUT2D eigenvalue weighted by Crippen LogP contribution is -2.26. The first-order valence-corrected chi connectivity index (χ1v) is 9.64. The van der Waals surface area contributed by atoms with E-state index in [1.807, 2.05) is 6.07 Å². The Kier molecular flexibility index (Phi) is 5.40. The lowest BCUT2D eigenvalue weighted by atomic mass is 9.84. The lowest BCUT2D eigenvalue weighted by Gasteiger charge is -2.25. The van der Waals surface area contributed by atoms with E-state index in [0.717, 1.165) is 0 Å². The van der Waals surface area contributed by atoms with Gasteiger partial charge < -0.3 is 19.6 Å². The van der Waals surface area contributed by atoms with Gasteiger partial charge in [0.2, 0.25) is 5.88 Å². The number of halogens is 2. The number of allylic oxidation sites excluding steroid dienone is 1. The predicted octanol–water partition coefficient (Wildman–Crippen LogP) is 4.54. The van der Waals surface area contributed by atoms with Crippen LogP contribution in [0.25, 0.3) is 0 Å². The Bertz CT molecular complexity index is 1290. The van der Waals surface area contributed by atoms with Crippen molar-refractivity contribution in [3.8, 4) is 17.6 Å². The molecule has 1 aromatic heterocycles. The Morgan fingerprint density at radius 3 is 2.77 bits per heavy atom. The fourth-order valence-corrected chi connectivity index (χ4v) is 3.68. The second kappa shape index (κ2) is 8.17. The number of nitriles is 1. The van der Waals surface area contributed by atoms with Crippen LogP contribution in [0.1, 0.15) is 28.4 Å². The van der Waals surface area contributed by atoms with E-state index in [-0.39, 0.29) is 40.0 Å². The minimum absolute atomic E-state index is 0.0814. The average molecular weight is 439 g/mol. The van der Waals surface area contributed by atoms with Gasteiger partial charge in [-0.15, -0.1) is 0 Å². The van der Waals surface area contributed by atoms with Crippen LogP contribution in [-0.4, -0.2) is 0 Å². The second-order valence-corrected chi connectivity index (χ2v) is 7.32. The van der Waals surface area contributed by atoms with Crippen molar-refractivity contribution in [2.45, 2.75) is 19.4 Å². The van der Waals surface area contributed by atoms with Crippen LogP contribution in [0.2, 0.25) is 5.02 Å². The number of ether oxygens (including phenoxy) is 2. The summed E-state index contributed by atoms with van der Waals surface area (Å²) >= 11 is 6.05. The lowest BCUT2D eigenvalue weighted by molar-refractivity contribution is 0.299. The van der Waals surface area contributed by atoms with Crippen molar-refractivity contribution in [1.29, 1.82) is 5.26 Å². The molecule has 31 heavy (non-hydrogen) atoms. The Hall–Kier alpha value is -3.76. The smallest absolute Gasteiger partial charge is 0.343 e. The molecule has 6 nitrogen and oxygen atoms in total. The zero-order valence-electron chi connectivity index (χ0n) is 16.3. The average Bonchev–Trinajstić information content (AvgIpc) is 2.72. The van der Waals surface area contributed by atoms with Crippen LogP contribution in [0, 0.1) is 24.1 Å². The number of rotatable bonds is 4. The second-order valence-electron chi connectivity index (χ2n) is 6.91. The van der Waals surface area contributed by atoms with Crippen molar-refractivity contribution in [3.63, 3.8) is 0 Å². The fraction of sp³-hybridized carbons (Fsp3) is 0.130. The Balaban J connectivity index is 1.73. The van der Waals surface area contributed by atoms with Crippen LogP contribution in [0.15, 0.2) is 69.2 Å². The van der Waals surface area contributed by atoms with Crippen LogP contribution >= 0.6 is 11.6 Å². The molecule has 4 rings (SSSR count). The quantitative estimate of drug-likeness (QED) is 0.642. The highest BCUT2D eigenvalue weighted by atomic mass is 35.5. The van der Waals surface area contributed by atoms with E-state index in [0.29, 0.717) is 17.1 Å². The molecular formula is C23H16ClFN2O4. The molecule has 0 saturated heterocycles. The summed E-state index contributed by atoms with van der Waals surface area (Å²) in [4.78, 5) is 12.6. The Morgan fingerprint density at radius 2 is 2.03 bits per heavy atom. The highest BCUT2D eigenvalue weighted by Gasteiger charge is 2.34. The standard InChI is InChI=1S/C23H16ClFN2O4/c1-12-8-19-21(23(28)30-12)20(15(10-26)22(27)31-19)13-4-2-5-14(9-13)29-11-16-17(24)6-3-7-18(16)25/h2-9,20H,11,27H2,1H3/t20-/m0/s1. The molecule has 1 aliphatic rings. The number of aryl methyl sites for hydroxylation is 1. The Morgan fingerprint density at radius 1 is 1.26 bits per heavy atom. The van der Waals surface area contributed by atoms with Gasteiger partial charge in [0.15, 0.2) is 0 Å². The van der Waals surface area contributed by atoms with E-state index in [1.165, 1.54) is 12.1 Å². The van der Waals surface area contributed by atoms with E-state index >= 15 is 0 Å². The van der Waals surface area contributed by atoms with Gasteiger partial charge in [0, 0.05) is 11.6 Å². The summed E-state index contributed by atoms with van der Waals surface area (Å²) in [5.74, 6) is -0.371. The summed E-state index contributed by atoms with van der Waals surface area (Å²) < 4.78 is 30.5. The van der Waals surface area contributed by atoms with E-state index in [2.05, 4.69) is 0 Å². The van der Waals surface area contributed by atoms with Crippen LogP contribution < -0.4 is 20.8 Å². The summed E-state index contributed by atoms with van der Waals surface area (Å²) in [5.41, 5.74) is 6.38. The highest BCUT2D eigenvalue weighted by molar-refractivity contribution is 6.31. The zero-order valence-corrected chi connectivity index (χ0v) is 17.1. The molecule has 2 heterocycles. The van der Waals surface area contributed by atoms with Crippen LogP contribution in [0.3, 0.4) is 0 Å². The number of benzene rings is 2. The minimum atomic E-state index is -0.800. The molecule has 0 unspecified atom stereocenters. The first-order valence-electron chi connectivity index (χ1n) is 9.27. The molecule has 3 aromatic rings. The minimum Gasteiger partial charge on any atom is -0.489 e. The summed E-state index contributed by atoms with van der Waals surface area (Å²) in [7, 11) is 0. The molecule has 0 spiro atoms. The van der Waals surface area contributed by atoms with Crippen molar-refractivity contribution in [2.75, 3.05) is 0 Å². The number of nitrogens with zero attached hydrogens (tertiary/aromatic N) is 1. The maximum Gasteiger partial charge on any atom is 0.343 e. The van der Waals surface area contributed by atoms with Crippen LogP contribution in [-0.2, 0) is 6.61 Å². The molecule has 1 aliphatic heterocycles.